The van der Waals surface area contributed by atoms with Gasteiger partial charge in [-0.2, -0.15) is 0 Å². The second-order valence-electron chi connectivity index (χ2n) is 3.97. The standard InChI is InChI=1S/C13H14N2O4/c1-9-4-6-19-12(9)13(17)15-8-11(16)14-7-10-3-2-5-18-10/h2-6H,7-8H2,1H3,(H,14,16)(H,15,17). The first-order valence-electron chi connectivity index (χ1n) is 5.78. The van der Waals surface area contributed by atoms with E-state index in [2.05, 4.69) is 10.6 Å². The molecule has 2 amide bonds. The average molecular weight is 262 g/mol. The number of aryl methyl sites for hydroxylation is 1. The highest BCUT2D eigenvalue weighted by molar-refractivity contribution is 5.95. The lowest BCUT2D eigenvalue weighted by atomic mass is 10.3. The summed E-state index contributed by atoms with van der Waals surface area (Å²) in [6.45, 7) is 1.94. The van der Waals surface area contributed by atoms with Crippen LogP contribution in [0.25, 0.3) is 0 Å². The third-order valence-electron chi connectivity index (χ3n) is 2.52. The molecule has 2 rings (SSSR count). The molecular formula is C13H14N2O4. The topological polar surface area (TPSA) is 84.5 Å². The van der Waals surface area contributed by atoms with Gasteiger partial charge in [0.25, 0.3) is 5.91 Å². The summed E-state index contributed by atoms with van der Waals surface area (Å²) in [7, 11) is 0. The summed E-state index contributed by atoms with van der Waals surface area (Å²) in [5, 5.41) is 5.10. The van der Waals surface area contributed by atoms with Gasteiger partial charge in [0.05, 0.1) is 25.6 Å². The zero-order valence-electron chi connectivity index (χ0n) is 10.4. The van der Waals surface area contributed by atoms with E-state index < -0.39 is 5.91 Å². The van der Waals surface area contributed by atoms with Crippen molar-refractivity contribution in [2.24, 2.45) is 0 Å². The Morgan fingerprint density at radius 1 is 1.16 bits per heavy atom. The summed E-state index contributed by atoms with van der Waals surface area (Å²) < 4.78 is 10.1. The fourth-order valence-corrected chi connectivity index (χ4v) is 1.51. The van der Waals surface area contributed by atoms with Crippen molar-refractivity contribution in [1.82, 2.24) is 10.6 Å². The molecule has 0 aliphatic rings. The van der Waals surface area contributed by atoms with Crippen LogP contribution in [0.5, 0.6) is 0 Å². The minimum Gasteiger partial charge on any atom is -0.467 e. The highest BCUT2D eigenvalue weighted by atomic mass is 16.3. The molecule has 19 heavy (non-hydrogen) atoms. The van der Waals surface area contributed by atoms with Crippen LogP contribution in [0.4, 0.5) is 0 Å². The van der Waals surface area contributed by atoms with Gasteiger partial charge in [0.15, 0.2) is 5.76 Å². The molecule has 6 heteroatoms. The Morgan fingerprint density at radius 3 is 2.63 bits per heavy atom. The highest BCUT2D eigenvalue weighted by Gasteiger charge is 2.13. The monoisotopic (exact) mass is 262 g/mol. The maximum Gasteiger partial charge on any atom is 0.287 e. The minimum atomic E-state index is -0.407. The van der Waals surface area contributed by atoms with Gasteiger partial charge in [0, 0.05) is 5.56 Å². The van der Waals surface area contributed by atoms with Gasteiger partial charge in [-0.3, -0.25) is 9.59 Å². The molecule has 0 aliphatic heterocycles. The van der Waals surface area contributed by atoms with E-state index in [0.717, 1.165) is 5.56 Å². The van der Waals surface area contributed by atoms with Gasteiger partial charge in [-0.1, -0.05) is 0 Å². The predicted octanol–water partition coefficient (Wildman–Crippen LogP) is 1.23. The fourth-order valence-electron chi connectivity index (χ4n) is 1.51. The van der Waals surface area contributed by atoms with E-state index in [1.54, 1.807) is 25.1 Å². The number of furan rings is 2. The number of hydrogen-bond acceptors (Lipinski definition) is 4. The van der Waals surface area contributed by atoms with Crippen LogP contribution in [-0.2, 0) is 11.3 Å². The van der Waals surface area contributed by atoms with Crippen LogP contribution in [0.15, 0.2) is 39.6 Å². The quantitative estimate of drug-likeness (QED) is 0.848. The summed E-state index contributed by atoms with van der Waals surface area (Å²) in [4.78, 5) is 23.2. The van der Waals surface area contributed by atoms with Gasteiger partial charge in [0.2, 0.25) is 5.91 Å². The Kier molecular flexibility index (Phi) is 4.02. The third kappa shape index (κ3) is 3.48. The van der Waals surface area contributed by atoms with Crippen molar-refractivity contribution in [3.05, 3.63) is 47.8 Å². The molecule has 2 aromatic heterocycles. The molecule has 0 saturated heterocycles. The molecule has 0 unspecified atom stereocenters. The number of carbonyl (C=O) groups excluding carboxylic acids is 2. The number of rotatable bonds is 5. The van der Waals surface area contributed by atoms with Crippen molar-refractivity contribution < 1.29 is 18.4 Å². The Bertz CT molecular complexity index is 557. The van der Waals surface area contributed by atoms with Gasteiger partial charge in [-0.05, 0) is 25.1 Å². The summed E-state index contributed by atoms with van der Waals surface area (Å²) in [6.07, 6.45) is 2.96. The lowest BCUT2D eigenvalue weighted by molar-refractivity contribution is -0.120. The van der Waals surface area contributed by atoms with Crippen LogP contribution < -0.4 is 10.6 Å². The van der Waals surface area contributed by atoms with E-state index in [4.69, 9.17) is 8.83 Å². The summed E-state index contributed by atoms with van der Waals surface area (Å²) in [5.41, 5.74) is 0.730. The van der Waals surface area contributed by atoms with Gasteiger partial charge >= 0.3 is 0 Å². The number of amides is 2. The average Bonchev–Trinajstić information content (AvgIpc) is 3.04. The molecule has 0 bridgehead atoms. The highest BCUT2D eigenvalue weighted by Crippen LogP contribution is 2.07. The minimum absolute atomic E-state index is 0.111. The molecule has 100 valence electrons. The third-order valence-corrected chi connectivity index (χ3v) is 2.52. The van der Waals surface area contributed by atoms with Crippen molar-refractivity contribution >= 4 is 11.8 Å². The Hall–Kier alpha value is -2.50. The number of hydrogen-bond donors (Lipinski definition) is 2. The molecular weight excluding hydrogens is 248 g/mol. The smallest absolute Gasteiger partial charge is 0.287 e. The normalized spacial score (nSPS) is 10.2. The Labute approximate surface area is 109 Å². The van der Waals surface area contributed by atoms with Crippen LogP contribution in [0.2, 0.25) is 0 Å². The summed E-state index contributed by atoms with van der Waals surface area (Å²) in [5.74, 6) is 0.171. The van der Waals surface area contributed by atoms with Gasteiger partial charge in [0.1, 0.15) is 5.76 Å². The fraction of sp³-hybridized carbons (Fsp3) is 0.231. The molecule has 2 aromatic rings. The summed E-state index contributed by atoms with van der Waals surface area (Å²) in [6, 6.07) is 5.18. The van der Waals surface area contributed by atoms with E-state index in [-0.39, 0.29) is 18.2 Å². The molecule has 0 aliphatic carbocycles. The maximum atomic E-state index is 11.7. The molecule has 2 N–H and O–H groups in total. The molecule has 0 atom stereocenters. The van der Waals surface area contributed by atoms with Crippen LogP contribution in [0, 0.1) is 6.92 Å². The zero-order valence-corrected chi connectivity index (χ0v) is 10.4. The lowest BCUT2D eigenvalue weighted by Gasteiger charge is -2.05. The van der Waals surface area contributed by atoms with E-state index in [0.29, 0.717) is 12.3 Å². The predicted molar refractivity (Wildman–Crippen MR) is 66.3 cm³/mol. The Balaban J connectivity index is 1.74. The van der Waals surface area contributed by atoms with Gasteiger partial charge in [-0.15, -0.1) is 0 Å². The van der Waals surface area contributed by atoms with Crippen molar-refractivity contribution in [3.63, 3.8) is 0 Å². The molecule has 0 radical (unpaired) electrons. The van der Waals surface area contributed by atoms with Crippen LogP contribution >= 0.6 is 0 Å². The van der Waals surface area contributed by atoms with E-state index in [9.17, 15) is 9.59 Å². The number of nitrogens with one attached hydrogen (secondary N) is 2. The molecule has 0 saturated carbocycles. The second-order valence-corrected chi connectivity index (χ2v) is 3.97. The first-order chi connectivity index (χ1) is 9.16. The van der Waals surface area contributed by atoms with Crippen molar-refractivity contribution in [2.75, 3.05) is 6.54 Å². The van der Waals surface area contributed by atoms with Crippen molar-refractivity contribution in [2.45, 2.75) is 13.5 Å². The second kappa shape index (κ2) is 5.90. The molecule has 6 nitrogen and oxygen atoms in total. The molecule has 2 heterocycles. The van der Waals surface area contributed by atoms with Crippen LogP contribution in [-0.4, -0.2) is 18.4 Å². The number of carbonyl (C=O) groups is 2. The first kappa shape index (κ1) is 12.9. The Morgan fingerprint density at radius 2 is 2.00 bits per heavy atom. The largest absolute Gasteiger partial charge is 0.467 e. The van der Waals surface area contributed by atoms with Crippen LogP contribution in [0.1, 0.15) is 21.9 Å². The zero-order chi connectivity index (χ0) is 13.7. The van der Waals surface area contributed by atoms with E-state index in [1.807, 2.05) is 0 Å². The van der Waals surface area contributed by atoms with Crippen molar-refractivity contribution in [1.29, 1.82) is 0 Å². The SMILES string of the molecule is Cc1ccoc1C(=O)NCC(=O)NCc1ccco1. The van der Waals surface area contributed by atoms with Gasteiger partial charge in [-0.25, -0.2) is 0 Å². The molecule has 0 fully saturated rings. The molecule has 0 spiro atoms. The first-order valence-corrected chi connectivity index (χ1v) is 5.78. The van der Waals surface area contributed by atoms with E-state index >= 15 is 0 Å². The maximum absolute atomic E-state index is 11.7. The summed E-state index contributed by atoms with van der Waals surface area (Å²) >= 11 is 0. The lowest BCUT2D eigenvalue weighted by Crippen LogP contribution is -2.36. The van der Waals surface area contributed by atoms with E-state index in [1.165, 1.54) is 12.5 Å². The molecule has 0 aromatic carbocycles. The van der Waals surface area contributed by atoms with Gasteiger partial charge < -0.3 is 19.5 Å². The van der Waals surface area contributed by atoms with Crippen LogP contribution in [0.3, 0.4) is 0 Å². The van der Waals surface area contributed by atoms with Crippen molar-refractivity contribution in [3.8, 4) is 0 Å².